The van der Waals surface area contributed by atoms with E-state index in [1.165, 1.54) is 61.3 Å². The summed E-state index contributed by atoms with van der Waals surface area (Å²) in [4.78, 5) is 10.7. The van der Waals surface area contributed by atoms with Crippen molar-refractivity contribution in [2.45, 2.75) is 38.5 Å². The van der Waals surface area contributed by atoms with E-state index in [1.54, 1.807) is 11.6 Å². The highest BCUT2D eigenvalue weighted by Crippen LogP contribution is 2.34. The molecule has 1 N–H and O–H groups in total. The van der Waals surface area contributed by atoms with Crippen molar-refractivity contribution >= 4 is 17.6 Å². The summed E-state index contributed by atoms with van der Waals surface area (Å²) < 4.78 is 0. The summed E-state index contributed by atoms with van der Waals surface area (Å²) in [5.74, 6) is -0.922. The zero-order chi connectivity index (χ0) is 17.5. The third-order valence-electron chi connectivity index (χ3n) is 4.74. The average molecular weight is 332 g/mol. The average Bonchev–Trinajstić information content (AvgIpc) is 2.91. The summed E-state index contributed by atoms with van der Waals surface area (Å²) in [5.41, 5.74) is 6.31. The van der Waals surface area contributed by atoms with Crippen LogP contribution >= 0.6 is 0 Å². The van der Waals surface area contributed by atoms with Crippen LogP contribution < -0.4 is 0 Å². The van der Waals surface area contributed by atoms with Crippen molar-refractivity contribution < 1.29 is 9.90 Å². The van der Waals surface area contributed by atoms with Crippen molar-refractivity contribution in [3.8, 4) is 0 Å². The predicted octanol–water partition coefficient (Wildman–Crippen LogP) is 5.94. The first-order chi connectivity index (χ1) is 12.2. The molecule has 0 heterocycles. The standard InChI is InChI=1S/C23H24O2/c24-22(25)17-14-18-12-15-21(16-13-18)23(20-10-6-3-7-11-20)19-8-4-1-2-5-9-19/h3,6-7,10-17H,1-2,4-5,8-9H2,(H,24,25). The molecule has 2 nitrogen and oxygen atoms in total. The summed E-state index contributed by atoms with van der Waals surface area (Å²) in [6.45, 7) is 0. The molecule has 25 heavy (non-hydrogen) atoms. The predicted molar refractivity (Wildman–Crippen MR) is 103 cm³/mol. The highest BCUT2D eigenvalue weighted by atomic mass is 16.4. The SMILES string of the molecule is O=C(O)C=Cc1ccc(C(=C2CCCCCC2)c2ccccc2)cc1. The minimum Gasteiger partial charge on any atom is -0.478 e. The summed E-state index contributed by atoms with van der Waals surface area (Å²) in [6.07, 6.45) is 10.3. The molecule has 0 unspecified atom stereocenters. The van der Waals surface area contributed by atoms with E-state index in [4.69, 9.17) is 5.11 Å². The lowest BCUT2D eigenvalue weighted by atomic mass is 9.89. The molecule has 0 radical (unpaired) electrons. The van der Waals surface area contributed by atoms with Crippen molar-refractivity contribution in [3.63, 3.8) is 0 Å². The molecule has 1 aliphatic carbocycles. The van der Waals surface area contributed by atoms with Gasteiger partial charge in [-0.15, -0.1) is 0 Å². The fraction of sp³-hybridized carbons (Fsp3) is 0.261. The highest BCUT2D eigenvalue weighted by Gasteiger charge is 2.14. The maximum Gasteiger partial charge on any atom is 0.328 e. The number of hydrogen-bond acceptors (Lipinski definition) is 1. The molecule has 0 saturated heterocycles. The Kier molecular flexibility index (Phi) is 5.84. The van der Waals surface area contributed by atoms with Gasteiger partial charge in [-0.25, -0.2) is 4.79 Å². The van der Waals surface area contributed by atoms with Gasteiger partial charge in [0.25, 0.3) is 0 Å². The smallest absolute Gasteiger partial charge is 0.328 e. The van der Waals surface area contributed by atoms with Gasteiger partial charge in [0.1, 0.15) is 0 Å². The molecular weight excluding hydrogens is 308 g/mol. The lowest BCUT2D eigenvalue weighted by Gasteiger charge is -2.15. The lowest BCUT2D eigenvalue weighted by Crippen LogP contribution is -1.95. The second-order valence-electron chi connectivity index (χ2n) is 6.55. The third kappa shape index (κ3) is 4.69. The van der Waals surface area contributed by atoms with Crippen LogP contribution in [0.5, 0.6) is 0 Å². The van der Waals surface area contributed by atoms with Crippen molar-refractivity contribution in [2.24, 2.45) is 0 Å². The van der Waals surface area contributed by atoms with Gasteiger partial charge in [-0.05, 0) is 54.0 Å². The second kappa shape index (κ2) is 8.48. The first kappa shape index (κ1) is 17.2. The molecule has 0 amide bonds. The summed E-state index contributed by atoms with van der Waals surface area (Å²) in [7, 11) is 0. The van der Waals surface area contributed by atoms with Gasteiger partial charge in [-0.3, -0.25) is 0 Å². The number of carbonyl (C=O) groups is 1. The first-order valence-electron chi connectivity index (χ1n) is 9.03. The highest BCUT2D eigenvalue weighted by molar-refractivity contribution is 5.86. The summed E-state index contributed by atoms with van der Waals surface area (Å²) in [6, 6.07) is 18.8. The maximum atomic E-state index is 10.7. The van der Waals surface area contributed by atoms with Crippen molar-refractivity contribution in [3.05, 3.63) is 82.9 Å². The Morgan fingerprint density at radius 1 is 0.800 bits per heavy atom. The van der Waals surface area contributed by atoms with Crippen LogP contribution in [0.1, 0.15) is 55.2 Å². The number of aliphatic carboxylic acids is 1. The van der Waals surface area contributed by atoms with Crippen LogP contribution in [0.15, 0.2) is 66.2 Å². The lowest BCUT2D eigenvalue weighted by molar-refractivity contribution is -0.131. The molecule has 0 atom stereocenters. The molecule has 3 rings (SSSR count). The topological polar surface area (TPSA) is 37.3 Å². The molecule has 0 spiro atoms. The molecule has 0 aliphatic heterocycles. The molecule has 0 aromatic heterocycles. The fourth-order valence-electron chi connectivity index (χ4n) is 3.51. The van der Waals surface area contributed by atoms with Crippen LogP contribution in [-0.4, -0.2) is 11.1 Å². The van der Waals surface area contributed by atoms with Crippen LogP contribution in [0.2, 0.25) is 0 Å². The largest absolute Gasteiger partial charge is 0.478 e. The summed E-state index contributed by atoms with van der Waals surface area (Å²) >= 11 is 0. The number of rotatable bonds is 4. The molecule has 1 fully saturated rings. The van der Waals surface area contributed by atoms with Gasteiger partial charge < -0.3 is 5.11 Å². The number of allylic oxidation sites excluding steroid dienone is 1. The van der Waals surface area contributed by atoms with E-state index in [0.29, 0.717) is 0 Å². The van der Waals surface area contributed by atoms with Gasteiger partial charge in [-0.1, -0.05) is 73.0 Å². The van der Waals surface area contributed by atoms with E-state index < -0.39 is 5.97 Å². The van der Waals surface area contributed by atoms with Gasteiger partial charge in [0, 0.05) is 6.08 Å². The van der Waals surface area contributed by atoms with Crippen LogP contribution in [0.25, 0.3) is 11.6 Å². The Bertz CT molecular complexity index is 757. The Morgan fingerprint density at radius 2 is 1.40 bits per heavy atom. The van der Waals surface area contributed by atoms with Gasteiger partial charge in [0.05, 0.1) is 0 Å². The van der Waals surface area contributed by atoms with Crippen molar-refractivity contribution in [1.82, 2.24) is 0 Å². The second-order valence-corrected chi connectivity index (χ2v) is 6.55. The Morgan fingerprint density at radius 3 is 2.00 bits per heavy atom. The molecule has 1 saturated carbocycles. The number of hydrogen-bond donors (Lipinski definition) is 1. The Hall–Kier alpha value is -2.61. The Balaban J connectivity index is 2.00. The Labute approximate surface area is 149 Å². The minimum absolute atomic E-state index is 0.907. The van der Waals surface area contributed by atoms with Crippen molar-refractivity contribution in [1.29, 1.82) is 0 Å². The molecule has 1 aliphatic rings. The zero-order valence-electron chi connectivity index (χ0n) is 14.4. The van der Waals surface area contributed by atoms with Crippen LogP contribution in [0, 0.1) is 0 Å². The van der Waals surface area contributed by atoms with E-state index in [9.17, 15) is 4.79 Å². The molecular formula is C23H24O2. The van der Waals surface area contributed by atoms with Gasteiger partial charge in [0.2, 0.25) is 0 Å². The first-order valence-corrected chi connectivity index (χ1v) is 9.03. The van der Waals surface area contributed by atoms with Crippen LogP contribution in [0.4, 0.5) is 0 Å². The fourth-order valence-corrected chi connectivity index (χ4v) is 3.51. The van der Waals surface area contributed by atoms with Crippen molar-refractivity contribution in [2.75, 3.05) is 0 Å². The van der Waals surface area contributed by atoms with E-state index in [0.717, 1.165) is 5.56 Å². The monoisotopic (exact) mass is 332 g/mol. The van der Waals surface area contributed by atoms with Gasteiger partial charge >= 0.3 is 5.97 Å². The van der Waals surface area contributed by atoms with Crippen LogP contribution in [-0.2, 0) is 4.79 Å². The molecule has 0 bridgehead atoms. The minimum atomic E-state index is -0.922. The quantitative estimate of drug-likeness (QED) is 0.555. The van der Waals surface area contributed by atoms with E-state index in [2.05, 4.69) is 42.5 Å². The van der Waals surface area contributed by atoms with Crippen LogP contribution in [0.3, 0.4) is 0 Å². The molecule has 2 aromatic rings. The normalized spacial score (nSPS) is 15.1. The number of carboxylic acids is 1. The molecule has 2 aromatic carbocycles. The van der Waals surface area contributed by atoms with E-state index >= 15 is 0 Å². The third-order valence-corrected chi connectivity index (χ3v) is 4.74. The van der Waals surface area contributed by atoms with E-state index in [-0.39, 0.29) is 0 Å². The van der Waals surface area contributed by atoms with Gasteiger partial charge in [-0.2, -0.15) is 0 Å². The zero-order valence-corrected chi connectivity index (χ0v) is 14.4. The van der Waals surface area contributed by atoms with Gasteiger partial charge in [0.15, 0.2) is 0 Å². The maximum absolute atomic E-state index is 10.7. The number of carboxylic acid groups (broad SMARTS) is 1. The number of benzene rings is 2. The van der Waals surface area contributed by atoms with E-state index in [1.807, 2.05) is 12.1 Å². The molecule has 2 heteroatoms. The summed E-state index contributed by atoms with van der Waals surface area (Å²) in [5, 5.41) is 8.77. The molecule has 128 valence electrons.